The first-order valence-corrected chi connectivity index (χ1v) is 11.1. The Hall–Kier alpha value is -2.88. The molecule has 0 aliphatic rings. The molecule has 1 aromatic heterocycles. The van der Waals surface area contributed by atoms with Crippen LogP contribution in [-0.2, 0) is 31.2 Å². The average Bonchev–Trinajstić information content (AvgIpc) is 2.73. The molecule has 1 N–H and O–H groups in total. The first kappa shape index (κ1) is 23.8. The lowest BCUT2D eigenvalue weighted by molar-refractivity contribution is 0.439. The molecule has 3 rings (SSSR count). The van der Waals surface area contributed by atoms with Crippen molar-refractivity contribution in [2.45, 2.75) is 26.2 Å². The van der Waals surface area contributed by atoms with Gasteiger partial charge in [0.15, 0.2) is 11.6 Å². The number of nitrogens with one attached hydrogen (secondary N) is 1. The summed E-state index contributed by atoms with van der Waals surface area (Å²) < 4.78 is 58.6. The number of hydrogen-bond donors (Lipinski definition) is 1. The number of rotatable bonds is 9. The van der Waals surface area contributed by atoms with E-state index < -0.39 is 22.9 Å². The summed E-state index contributed by atoms with van der Waals surface area (Å²) in [4.78, 5) is 12.2. The van der Waals surface area contributed by atoms with Crippen molar-refractivity contribution in [1.29, 1.82) is 0 Å². The third-order valence-corrected chi connectivity index (χ3v) is 5.35. The molecular formula is C23H23F2N2O4S-. The van der Waals surface area contributed by atoms with Crippen LogP contribution in [0.5, 0.6) is 11.5 Å². The number of hydrogen-bond acceptors (Lipinski definition) is 4. The smallest absolute Gasteiger partial charge is 0.250 e. The van der Waals surface area contributed by atoms with Gasteiger partial charge in [0.05, 0.1) is 0 Å². The summed E-state index contributed by atoms with van der Waals surface area (Å²) in [7, 11) is 1.64. The van der Waals surface area contributed by atoms with Gasteiger partial charge in [-0.1, -0.05) is 19.4 Å². The zero-order valence-electron chi connectivity index (χ0n) is 17.7. The lowest BCUT2D eigenvalue weighted by Crippen LogP contribution is -2.19. The number of pyridine rings is 1. The minimum Gasteiger partial charge on any atom is -0.760 e. The Labute approximate surface area is 187 Å². The van der Waals surface area contributed by atoms with Gasteiger partial charge >= 0.3 is 0 Å². The third-order valence-electron chi connectivity index (χ3n) is 4.91. The number of aryl methyl sites for hydroxylation is 2. The molecule has 1 heterocycles. The lowest BCUT2D eigenvalue weighted by atomic mass is 9.96. The van der Waals surface area contributed by atoms with Crippen molar-refractivity contribution in [3.05, 3.63) is 81.8 Å². The van der Waals surface area contributed by atoms with Crippen LogP contribution in [0.3, 0.4) is 0 Å². The fraction of sp³-hybridized carbons (Fsp3) is 0.261. The monoisotopic (exact) mass is 461 g/mol. The molecule has 0 aliphatic heterocycles. The lowest BCUT2D eigenvalue weighted by Gasteiger charge is -2.17. The highest BCUT2D eigenvalue weighted by Gasteiger charge is 2.16. The fourth-order valence-corrected chi connectivity index (χ4v) is 3.64. The Morgan fingerprint density at radius 3 is 2.50 bits per heavy atom. The van der Waals surface area contributed by atoms with E-state index in [1.807, 2.05) is 13.0 Å². The van der Waals surface area contributed by atoms with E-state index in [1.54, 1.807) is 31.4 Å². The third kappa shape index (κ3) is 5.87. The van der Waals surface area contributed by atoms with E-state index in [4.69, 9.17) is 4.74 Å². The van der Waals surface area contributed by atoms with E-state index in [2.05, 4.69) is 4.72 Å². The van der Waals surface area contributed by atoms with Crippen molar-refractivity contribution in [3.8, 4) is 22.6 Å². The quantitative estimate of drug-likeness (QED) is 0.488. The molecule has 1 unspecified atom stereocenters. The molecule has 170 valence electrons. The van der Waals surface area contributed by atoms with E-state index >= 15 is 0 Å². The molecule has 9 heteroatoms. The molecule has 0 bridgehead atoms. The summed E-state index contributed by atoms with van der Waals surface area (Å²) in [5, 5.41) is 0. The van der Waals surface area contributed by atoms with Crippen LogP contribution < -0.4 is 15.0 Å². The molecule has 0 amide bonds. The molecule has 0 fully saturated rings. The van der Waals surface area contributed by atoms with E-state index in [0.717, 1.165) is 35.2 Å². The molecule has 0 saturated carbocycles. The zero-order chi connectivity index (χ0) is 23.3. The van der Waals surface area contributed by atoms with Gasteiger partial charge in [-0.3, -0.25) is 9.00 Å². The van der Waals surface area contributed by atoms with Crippen molar-refractivity contribution < 1.29 is 22.3 Å². The fourth-order valence-electron chi connectivity index (χ4n) is 3.37. The molecule has 6 nitrogen and oxygen atoms in total. The summed E-state index contributed by atoms with van der Waals surface area (Å²) >= 11 is -2.36. The topological polar surface area (TPSA) is 83.4 Å². The molecule has 0 spiro atoms. The minimum absolute atomic E-state index is 0.134. The highest BCUT2D eigenvalue weighted by Crippen LogP contribution is 2.37. The predicted octanol–water partition coefficient (Wildman–Crippen LogP) is 4.00. The second-order valence-electron chi connectivity index (χ2n) is 7.30. The number of benzene rings is 2. The van der Waals surface area contributed by atoms with Crippen LogP contribution in [0.25, 0.3) is 11.1 Å². The van der Waals surface area contributed by atoms with Crippen molar-refractivity contribution in [2.24, 2.45) is 7.05 Å². The van der Waals surface area contributed by atoms with E-state index in [-0.39, 0.29) is 17.9 Å². The second kappa shape index (κ2) is 10.6. The summed E-state index contributed by atoms with van der Waals surface area (Å²) in [6, 6.07) is 9.85. The van der Waals surface area contributed by atoms with E-state index in [1.165, 1.54) is 10.6 Å². The molecule has 3 aromatic rings. The maximum absolute atomic E-state index is 14.2. The van der Waals surface area contributed by atoms with E-state index in [9.17, 15) is 22.3 Å². The molecule has 1 atom stereocenters. The summed E-state index contributed by atoms with van der Waals surface area (Å²) in [5.41, 5.74) is 2.85. The van der Waals surface area contributed by atoms with Gasteiger partial charge < -0.3 is 13.9 Å². The Morgan fingerprint density at radius 1 is 1.06 bits per heavy atom. The number of nitrogens with zero attached hydrogens (tertiary/aromatic N) is 1. The van der Waals surface area contributed by atoms with Gasteiger partial charge in [-0.15, -0.1) is 0 Å². The summed E-state index contributed by atoms with van der Waals surface area (Å²) in [6.07, 6.45) is 3.57. The zero-order valence-corrected chi connectivity index (χ0v) is 18.5. The normalized spacial score (nSPS) is 12.0. The maximum atomic E-state index is 14.2. The van der Waals surface area contributed by atoms with Gasteiger partial charge in [0.2, 0.25) is 0 Å². The van der Waals surface area contributed by atoms with Crippen molar-refractivity contribution in [2.75, 3.05) is 6.54 Å². The van der Waals surface area contributed by atoms with E-state index in [0.29, 0.717) is 24.2 Å². The minimum atomic E-state index is -2.36. The SMILES string of the molecule is CCCc1cc(=O)n(C)cc1-c1cc(CCNS(=O)[O-])ccc1Oc1ccc(F)cc1F. The Kier molecular flexibility index (Phi) is 7.89. The van der Waals surface area contributed by atoms with Crippen LogP contribution in [-0.4, -0.2) is 19.9 Å². The molecule has 0 saturated heterocycles. The highest BCUT2D eigenvalue weighted by molar-refractivity contribution is 7.77. The Balaban J connectivity index is 2.10. The first-order chi connectivity index (χ1) is 15.3. The van der Waals surface area contributed by atoms with Crippen molar-refractivity contribution in [1.82, 2.24) is 9.29 Å². The standard InChI is InChI=1S/C23H24F2N2O4S/c1-3-4-16-12-23(28)27(2)14-19(16)18-11-15(9-10-26-32(29)30)5-7-21(18)31-22-8-6-17(24)13-20(22)25/h5-8,11-14,26H,3-4,9-10H2,1-2H3,(H,29,30)/p-1. The van der Waals surface area contributed by atoms with Crippen LogP contribution in [0.15, 0.2) is 53.5 Å². The average molecular weight is 462 g/mol. The molecule has 32 heavy (non-hydrogen) atoms. The molecule has 0 radical (unpaired) electrons. The molecule has 0 aliphatic carbocycles. The second-order valence-corrected chi connectivity index (χ2v) is 8.06. The van der Waals surface area contributed by atoms with Gasteiger partial charge in [0, 0.05) is 54.3 Å². The Bertz CT molecular complexity index is 1200. The van der Waals surface area contributed by atoms with Crippen LogP contribution >= 0.6 is 0 Å². The van der Waals surface area contributed by atoms with Gasteiger partial charge in [0.1, 0.15) is 11.6 Å². The number of ether oxygens (including phenoxy) is 1. The maximum Gasteiger partial charge on any atom is 0.250 e. The van der Waals surface area contributed by atoms with Crippen molar-refractivity contribution in [3.63, 3.8) is 0 Å². The molecular weight excluding hydrogens is 438 g/mol. The first-order valence-electron chi connectivity index (χ1n) is 10.1. The van der Waals surface area contributed by atoms with Crippen molar-refractivity contribution >= 4 is 11.3 Å². The largest absolute Gasteiger partial charge is 0.760 e. The summed E-state index contributed by atoms with van der Waals surface area (Å²) in [6.45, 7) is 2.20. The van der Waals surface area contributed by atoms with Gasteiger partial charge in [-0.2, -0.15) is 0 Å². The van der Waals surface area contributed by atoms with Crippen LogP contribution in [0.1, 0.15) is 24.5 Å². The molecule has 2 aromatic carbocycles. The van der Waals surface area contributed by atoms with Gasteiger partial charge in [-0.05, 0) is 48.2 Å². The van der Waals surface area contributed by atoms with Crippen LogP contribution in [0, 0.1) is 11.6 Å². The number of aromatic nitrogens is 1. The highest BCUT2D eigenvalue weighted by atomic mass is 32.2. The van der Waals surface area contributed by atoms with Gasteiger partial charge in [-0.25, -0.2) is 13.5 Å². The Morgan fingerprint density at radius 2 is 1.81 bits per heavy atom. The number of halogens is 2. The summed E-state index contributed by atoms with van der Waals surface area (Å²) in [5.74, 6) is -1.35. The predicted molar refractivity (Wildman–Crippen MR) is 118 cm³/mol. The van der Waals surface area contributed by atoms with Crippen LogP contribution in [0.2, 0.25) is 0 Å². The van der Waals surface area contributed by atoms with Crippen LogP contribution in [0.4, 0.5) is 8.78 Å². The van der Waals surface area contributed by atoms with Gasteiger partial charge in [0.25, 0.3) is 5.56 Å².